The molecule has 2 fully saturated rings. The van der Waals surface area contributed by atoms with Crippen molar-refractivity contribution in [2.45, 2.75) is 51.1 Å². The Balaban J connectivity index is 1.47. The topological polar surface area (TPSA) is 109 Å². The first kappa shape index (κ1) is 32.6. The predicted octanol–water partition coefficient (Wildman–Crippen LogP) is 3.55. The molecule has 2 amide bonds. The molecular formula is C34H47N4O7+. The number of carboxylic acids is 1. The van der Waals surface area contributed by atoms with E-state index in [1.54, 1.807) is 4.90 Å². The van der Waals surface area contributed by atoms with Gasteiger partial charge in [-0.3, -0.25) is 19.3 Å². The summed E-state index contributed by atoms with van der Waals surface area (Å²) >= 11 is 0. The molecule has 45 heavy (non-hydrogen) atoms. The van der Waals surface area contributed by atoms with Crippen molar-refractivity contribution in [1.82, 2.24) is 9.80 Å². The van der Waals surface area contributed by atoms with Crippen LogP contribution in [0.2, 0.25) is 0 Å². The average Bonchev–Trinajstić information content (AvgIpc) is 3.71. The SMILES string of the molecule is CCCCN(C(=O)CN1C[C@H](c2cc(OC)c3c(c2)OCO3)C(C(=O)O)[C@@H]1CN1CCCC1=O)c1cccc(C[N+](C)(C)C)c1. The molecule has 2 aromatic rings. The Kier molecular flexibility index (Phi) is 9.88. The molecule has 0 aliphatic carbocycles. The number of amides is 2. The Morgan fingerprint density at radius 3 is 2.62 bits per heavy atom. The van der Waals surface area contributed by atoms with Crippen LogP contribution in [0, 0.1) is 5.92 Å². The highest BCUT2D eigenvalue weighted by Crippen LogP contribution is 2.47. The summed E-state index contributed by atoms with van der Waals surface area (Å²) in [6.45, 7) is 4.77. The third-order valence-corrected chi connectivity index (χ3v) is 8.97. The number of fused-ring (bicyclic) bond motifs is 1. The summed E-state index contributed by atoms with van der Waals surface area (Å²) in [5.41, 5.74) is 2.73. The second-order valence-corrected chi connectivity index (χ2v) is 13.4. The van der Waals surface area contributed by atoms with Crippen LogP contribution in [0.3, 0.4) is 0 Å². The van der Waals surface area contributed by atoms with Gasteiger partial charge in [-0.15, -0.1) is 0 Å². The van der Waals surface area contributed by atoms with E-state index in [2.05, 4.69) is 40.2 Å². The van der Waals surface area contributed by atoms with Crippen molar-refractivity contribution >= 4 is 23.5 Å². The minimum Gasteiger partial charge on any atom is -0.493 e. The van der Waals surface area contributed by atoms with Crippen LogP contribution >= 0.6 is 0 Å². The van der Waals surface area contributed by atoms with Gasteiger partial charge >= 0.3 is 5.97 Å². The lowest BCUT2D eigenvalue weighted by Gasteiger charge is -2.32. The number of carboxylic acid groups (broad SMARTS) is 1. The highest BCUT2D eigenvalue weighted by Gasteiger charge is 2.49. The number of likely N-dealkylation sites (tertiary alicyclic amines) is 2. The van der Waals surface area contributed by atoms with Gasteiger partial charge in [0.2, 0.25) is 24.4 Å². The minimum atomic E-state index is -0.959. The van der Waals surface area contributed by atoms with Crippen molar-refractivity contribution in [2.24, 2.45) is 5.92 Å². The number of unbranched alkanes of at least 4 members (excludes halogenated alkanes) is 1. The average molecular weight is 624 g/mol. The minimum absolute atomic E-state index is 0.0252. The summed E-state index contributed by atoms with van der Waals surface area (Å²) in [7, 11) is 7.94. The van der Waals surface area contributed by atoms with Crippen LogP contribution in [0.4, 0.5) is 5.69 Å². The van der Waals surface area contributed by atoms with Gasteiger partial charge in [0.15, 0.2) is 11.5 Å². The van der Waals surface area contributed by atoms with Gasteiger partial charge in [-0.2, -0.15) is 0 Å². The summed E-state index contributed by atoms with van der Waals surface area (Å²) in [6.07, 6.45) is 2.98. The Morgan fingerprint density at radius 1 is 1.16 bits per heavy atom. The lowest BCUT2D eigenvalue weighted by Crippen LogP contribution is -2.49. The molecule has 2 saturated heterocycles. The molecule has 2 aromatic carbocycles. The number of hydrogen-bond acceptors (Lipinski definition) is 7. The fraction of sp³-hybridized carbons (Fsp3) is 0.559. The number of aliphatic carboxylic acids is 1. The molecule has 11 heteroatoms. The summed E-state index contributed by atoms with van der Waals surface area (Å²) in [5, 5.41) is 10.6. The molecule has 1 unspecified atom stereocenters. The molecule has 3 atom stereocenters. The van der Waals surface area contributed by atoms with Gasteiger partial charge in [0, 0.05) is 55.8 Å². The van der Waals surface area contributed by atoms with E-state index in [9.17, 15) is 19.5 Å². The van der Waals surface area contributed by atoms with Gasteiger partial charge < -0.3 is 33.6 Å². The first-order valence-electron chi connectivity index (χ1n) is 15.9. The van der Waals surface area contributed by atoms with E-state index in [1.807, 2.05) is 34.1 Å². The number of methoxy groups -OCH3 is 1. The van der Waals surface area contributed by atoms with Crippen LogP contribution in [0.15, 0.2) is 36.4 Å². The third-order valence-electron chi connectivity index (χ3n) is 8.97. The molecule has 0 bridgehead atoms. The van der Waals surface area contributed by atoms with Crippen molar-refractivity contribution in [3.63, 3.8) is 0 Å². The number of benzene rings is 2. The van der Waals surface area contributed by atoms with Crippen LogP contribution in [0.25, 0.3) is 0 Å². The van der Waals surface area contributed by atoms with Crippen molar-refractivity contribution in [3.8, 4) is 17.2 Å². The van der Waals surface area contributed by atoms with Crippen molar-refractivity contribution < 1.29 is 38.2 Å². The largest absolute Gasteiger partial charge is 0.493 e. The second kappa shape index (κ2) is 13.7. The zero-order chi connectivity index (χ0) is 32.3. The van der Waals surface area contributed by atoms with Gasteiger partial charge in [0.25, 0.3) is 0 Å². The van der Waals surface area contributed by atoms with E-state index in [-0.39, 0.29) is 31.7 Å². The number of quaternary nitrogens is 1. The molecule has 5 rings (SSSR count). The van der Waals surface area contributed by atoms with Crippen LogP contribution < -0.4 is 19.1 Å². The Hall–Kier alpha value is -3.83. The van der Waals surface area contributed by atoms with E-state index in [0.29, 0.717) is 43.3 Å². The highest BCUT2D eigenvalue weighted by atomic mass is 16.7. The zero-order valence-electron chi connectivity index (χ0n) is 27.2. The van der Waals surface area contributed by atoms with Crippen LogP contribution in [0.1, 0.15) is 49.7 Å². The fourth-order valence-corrected chi connectivity index (χ4v) is 6.89. The lowest BCUT2D eigenvalue weighted by molar-refractivity contribution is -0.884. The lowest BCUT2D eigenvalue weighted by atomic mass is 9.84. The first-order valence-corrected chi connectivity index (χ1v) is 15.9. The molecule has 0 aromatic heterocycles. The first-order chi connectivity index (χ1) is 21.5. The van der Waals surface area contributed by atoms with E-state index < -0.39 is 23.8 Å². The van der Waals surface area contributed by atoms with Crippen molar-refractivity contribution in [3.05, 3.63) is 47.5 Å². The number of nitrogens with zero attached hydrogens (tertiary/aromatic N) is 4. The summed E-state index contributed by atoms with van der Waals surface area (Å²) in [4.78, 5) is 45.5. The van der Waals surface area contributed by atoms with Crippen LogP contribution in [-0.4, -0.2) is 111 Å². The molecule has 1 N–H and O–H groups in total. The number of rotatable bonds is 13. The molecule has 3 aliphatic rings. The molecule has 0 saturated carbocycles. The van der Waals surface area contributed by atoms with E-state index in [1.165, 1.54) is 7.11 Å². The monoisotopic (exact) mass is 623 g/mol. The predicted molar refractivity (Wildman–Crippen MR) is 170 cm³/mol. The van der Waals surface area contributed by atoms with Gasteiger partial charge in [-0.1, -0.05) is 25.5 Å². The van der Waals surface area contributed by atoms with Gasteiger partial charge in [0.05, 0.1) is 40.7 Å². The van der Waals surface area contributed by atoms with Crippen LogP contribution in [-0.2, 0) is 20.9 Å². The maximum atomic E-state index is 14.2. The Bertz CT molecular complexity index is 1410. The summed E-state index contributed by atoms with van der Waals surface area (Å²) in [6, 6.07) is 11.2. The molecule has 244 valence electrons. The van der Waals surface area contributed by atoms with Gasteiger partial charge in [0.1, 0.15) is 6.54 Å². The maximum Gasteiger partial charge on any atom is 0.308 e. The van der Waals surface area contributed by atoms with Gasteiger partial charge in [-0.25, -0.2) is 0 Å². The quantitative estimate of drug-likeness (QED) is 0.338. The standard InChI is InChI=1S/C34H46N4O7/c1-6-7-14-37(25-11-8-10-23(15-25)21-38(2,3)4)31(40)20-36-18-26(24-16-28(43-5)33-29(17-24)44-22-45-33)32(34(41)42)27(36)19-35-13-9-12-30(35)39/h8,10-11,15-17,26-27,32H,6-7,9,12-14,18-22H2,1-5H3/p+1/t26-,27+,32?/m1/s1. The van der Waals surface area contributed by atoms with E-state index >= 15 is 0 Å². The van der Waals surface area contributed by atoms with Crippen molar-refractivity contribution in [1.29, 1.82) is 0 Å². The third kappa shape index (κ3) is 7.36. The molecule has 11 nitrogen and oxygen atoms in total. The smallest absolute Gasteiger partial charge is 0.308 e. The number of anilines is 1. The Labute approximate surface area is 265 Å². The van der Waals surface area contributed by atoms with Crippen molar-refractivity contribution in [2.75, 3.05) is 72.7 Å². The zero-order valence-corrected chi connectivity index (χ0v) is 27.2. The maximum absolute atomic E-state index is 14.2. The van der Waals surface area contributed by atoms with Crippen LogP contribution in [0.5, 0.6) is 17.2 Å². The number of carbonyl (C=O) groups excluding carboxylic acids is 2. The number of carbonyl (C=O) groups is 3. The molecule has 0 spiro atoms. The highest BCUT2D eigenvalue weighted by molar-refractivity contribution is 5.95. The fourth-order valence-electron chi connectivity index (χ4n) is 6.89. The number of ether oxygens (including phenoxy) is 3. The second-order valence-electron chi connectivity index (χ2n) is 13.4. The molecular weight excluding hydrogens is 576 g/mol. The Morgan fingerprint density at radius 2 is 1.96 bits per heavy atom. The molecule has 0 radical (unpaired) electrons. The normalized spacial score (nSPS) is 21.4. The molecule has 3 aliphatic heterocycles. The molecule has 3 heterocycles. The summed E-state index contributed by atoms with van der Waals surface area (Å²) < 4.78 is 17.6. The van der Waals surface area contributed by atoms with E-state index in [0.717, 1.165) is 47.1 Å². The van der Waals surface area contributed by atoms with Gasteiger partial charge in [-0.05, 0) is 42.7 Å². The van der Waals surface area contributed by atoms with E-state index in [4.69, 9.17) is 14.2 Å². The number of hydrogen-bond donors (Lipinski definition) is 1. The summed E-state index contributed by atoms with van der Waals surface area (Å²) in [5.74, 6) is -0.853.